The summed E-state index contributed by atoms with van der Waals surface area (Å²) < 4.78 is 12.1. The third kappa shape index (κ3) is 9.38. The minimum atomic E-state index is -3.46. The Morgan fingerprint density at radius 3 is 2.56 bits per heavy atom. The number of imidazole rings is 1. The minimum Gasteiger partial charge on any atom is -0.0533 e. The van der Waals surface area contributed by atoms with Gasteiger partial charge in [-0.05, 0) is 12.8 Å². The van der Waals surface area contributed by atoms with Crippen molar-refractivity contribution >= 4 is 36.0 Å². The summed E-state index contributed by atoms with van der Waals surface area (Å²) in [5.41, 5.74) is 0.820. The number of H-pyrrole nitrogens is 1. The number of nitrogens with zero attached hydrogens (tertiary/aromatic N) is 1. The molecule has 0 aromatic carbocycles. The van der Waals surface area contributed by atoms with Crippen LogP contribution in [0.2, 0.25) is 4.71 Å². The van der Waals surface area contributed by atoms with Gasteiger partial charge in [-0.3, -0.25) is 0 Å². The van der Waals surface area contributed by atoms with Crippen LogP contribution in [0.1, 0.15) is 51.6 Å². The molecule has 2 amide bonds. The predicted molar refractivity (Wildman–Crippen MR) is 124 cm³/mol. The van der Waals surface area contributed by atoms with Crippen molar-refractivity contribution in [2.75, 3.05) is 18.9 Å². The standard InChI is InChI=1S/C21H36AsN4O5P/c1-14(2)19(26-20(28)18(22)8-16-9-23-13-25-16)21(29)24-10-17(27)12-32(30,31)11-15-6-4-3-5-7-15/h9,13-15,17-19,27H,3-8,10-12H2,1-2H3,(H,23,25)(H,24,29)(H,26,28)(H,30,31)/t17-,18+,19+/m1/s1. The molecule has 0 bridgehead atoms. The second-order valence-electron chi connectivity index (χ2n) is 9.14. The number of rotatable bonds is 12. The number of carbonyl (C=O) groups excluding carboxylic acids is 2. The van der Waals surface area contributed by atoms with Crippen LogP contribution in [-0.2, 0) is 20.6 Å². The van der Waals surface area contributed by atoms with Gasteiger partial charge in [0.15, 0.2) is 0 Å². The molecule has 4 atom stereocenters. The van der Waals surface area contributed by atoms with Crippen molar-refractivity contribution in [3.8, 4) is 0 Å². The molecule has 1 unspecified atom stereocenters. The number of aliphatic hydroxyl groups is 1. The fourth-order valence-corrected chi connectivity index (χ4v) is 6.73. The number of aliphatic hydroxyl groups excluding tert-OH is 1. The fraction of sp³-hybridized carbons (Fsp3) is 0.762. The first-order valence-corrected chi connectivity index (χ1v) is 14.4. The second kappa shape index (κ2) is 12.9. The van der Waals surface area contributed by atoms with Gasteiger partial charge in [-0.25, -0.2) is 0 Å². The van der Waals surface area contributed by atoms with Gasteiger partial charge in [-0.2, -0.15) is 0 Å². The second-order valence-corrected chi connectivity index (χ2v) is 12.9. The Hall–Kier alpha value is -1.14. The zero-order valence-electron chi connectivity index (χ0n) is 18.9. The van der Waals surface area contributed by atoms with E-state index in [1.807, 2.05) is 13.8 Å². The molecule has 1 aromatic rings. The maximum atomic E-state index is 12.7. The molecule has 32 heavy (non-hydrogen) atoms. The Bertz CT molecular complexity index is 770. The molecule has 0 aliphatic heterocycles. The van der Waals surface area contributed by atoms with Gasteiger partial charge in [0.05, 0.1) is 0 Å². The smallest absolute Gasteiger partial charge is 0.0533 e. The van der Waals surface area contributed by atoms with Crippen molar-refractivity contribution in [3.63, 3.8) is 0 Å². The van der Waals surface area contributed by atoms with Crippen molar-refractivity contribution in [1.29, 1.82) is 0 Å². The van der Waals surface area contributed by atoms with E-state index in [1.54, 1.807) is 12.5 Å². The Kier molecular flexibility index (Phi) is 11.0. The van der Waals surface area contributed by atoms with Crippen molar-refractivity contribution in [2.45, 2.75) is 69.2 Å². The summed E-state index contributed by atoms with van der Waals surface area (Å²) in [6, 6.07) is -0.772. The van der Waals surface area contributed by atoms with E-state index in [4.69, 9.17) is 0 Å². The summed E-state index contributed by atoms with van der Waals surface area (Å²) in [5, 5.41) is 15.6. The van der Waals surface area contributed by atoms with E-state index in [0.717, 1.165) is 31.4 Å². The van der Waals surface area contributed by atoms with Crippen molar-refractivity contribution < 1.29 is 24.2 Å². The fourth-order valence-electron chi connectivity index (χ4n) is 4.05. The third-order valence-electron chi connectivity index (χ3n) is 5.79. The molecule has 1 aliphatic rings. The normalized spacial score (nSPS) is 19.7. The molecule has 11 heteroatoms. The van der Waals surface area contributed by atoms with Crippen LogP contribution in [-0.4, -0.2) is 79.6 Å². The Balaban J connectivity index is 1.80. The maximum absolute atomic E-state index is 12.7. The van der Waals surface area contributed by atoms with Crippen molar-refractivity contribution in [1.82, 2.24) is 20.6 Å². The zero-order chi connectivity index (χ0) is 23.7. The molecule has 1 saturated carbocycles. The third-order valence-corrected chi connectivity index (χ3v) is 8.75. The molecule has 0 saturated heterocycles. The first-order chi connectivity index (χ1) is 15.1. The molecule has 2 radical (unpaired) electrons. The number of amides is 2. The van der Waals surface area contributed by atoms with E-state index in [1.165, 1.54) is 6.42 Å². The monoisotopic (exact) mass is 530 g/mol. The summed E-state index contributed by atoms with van der Waals surface area (Å²) in [4.78, 5) is 42.4. The molecule has 9 nitrogen and oxygen atoms in total. The Morgan fingerprint density at radius 2 is 1.97 bits per heavy atom. The molecule has 1 aliphatic carbocycles. The summed E-state index contributed by atoms with van der Waals surface area (Å²) in [5.74, 6) is -0.628. The van der Waals surface area contributed by atoms with Crippen LogP contribution < -0.4 is 10.6 Å². The number of nitrogens with one attached hydrogen (secondary N) is 3. The average molecular weight is 530 g/mol. The van der Waals surface area contributed by atoms with Crippen LogP contribution in [0.25, 0.3) is 0 Å². The molecule has 0 spiro atoms. The molecule has 1 heterocycles. The van der Waals surface area contributed by atoms with Crippen LogP contribution in [0.5, 0.6) is 0 Å². The van der Waals surface area contributed by atoms with Gasteiger partial charge in [0.2, 0.25) is 0 Å². The number of aromatic nitrogens is 2. The Morgan fingerprint density at radius 1 is 1.28 bits per heavy atom. The molecule has 5 N–H and O–H groups in total. The van der Waals surface area contributed by atoms with Crippen LogP contribution in [0.3, 0.4) is 0 Å². The van der Waals surface area contributed by atoms with Crippen LogP contribution in [0.15, 0.2) is 12.5 Å². The molecular weight excluding hydrogens is 494 g/mol. The molecule has 1 aromatic heterocycles. The number of aromatic amines is 1. The topological polar surface area (TPSA) is 144 Å². The van der Waals surface area contributed by atoms with Crippen LogP contribution in [0.4, 0.5) is 0 Å². The number of carbonyl (C=O) groups is 2. The first-order valence-electron chi connectivity index (χ1n) is 11.3. The summed E-state index contributed by atoms with van der Waals surface area (Å²) >= 11 is 2.30. The van der Waals surface area contributed by atoms with Crippen LogP contribution >= 0.6 is 7.37 Å². The van der Waals surface area contributed by atoms with Gasteiger partial charge in [0.1, 0.15) is 0 Å². The number of hydrogen-bond donors (Lipinski definition) is 5. The Labute approximate surface area is 198 Å². The zero-order valence-corrected chi connectivity index (χ0v) is 21.6. The van der Waals surface area contributed by atoms with E-state index < -0.39 is 30.1 Å². The molecular formula is C21H36AsN4O5P. The summed E-state index contributed by atoms with van der Waals surface area (Å²) in [7, 11) is -3.46. The molecule has 1 fully saturated rings. The summed E-state index contributed by atoms with van der Waals surface area (Å²) in [6.45, 7) is 3.51. The SMILES string of the molecule is CC(C)[C@H](NC(=O)[C@@H]([As])Cc1cnc[nH]1)C(=O)NC[C@@H](O)CP(=O)(O)CC1CCCCC1. The van der Waals surface area contributed by atoms with Crippen LogP contribution in [0, 0.1) is 11.8 Å². The van der Waals surface area contributed by atoms with Crippen molar-refractivity contribution in [3.05, 3.63) is 18.2 Å². The van der Waals surface area contributed by atoms with E-state index >= 15 is 0 Å². The van der Waals surface area contributed by atoms with Gasteiger partial charge in [0.25, 0.3) is 0 Å². The van der Waals surface area contributed by atoms with Gasteiger partial charge < -0.3 is 0 Å². The van der Waals surface area contributed by atoms with Gasteiger partial charge >= 0.3 is 167 Å². The first kappa shape index (κ1) is 27.1. The quantitative estimate of drug-likeness (QED) is 0.204. The average Bonchev–Trinajstić information content (AvgIpc) is 3.22. The predicted octanol–water partition coefficient (Wildman–Crippen LogP) is 1.38. The van der Waals surface area contributed by atoms with Crippen molar-refractivity contribution in [2.24, 2.45) is 11.8 Å². The minimum absolute atomic E-state index is 0.132. The van der Waals surface area contributed by atoms with E-state index in [-0.39, 0.29) is 36.6 Å². The van der Waals surface area contributed by atoms with Gasteiger partial charge in [-0.1, -0.05) is 19.3 Å². The summed E-state index contributed by atoms with van der Waals surface area (Å²) in [6.07, 6.45) is 7.80. The number of hydrogen-bond acceptors (Lipinski definition) is 5. The van der Waals surface area contributed by atoms with E-state index in [2.05, 4.69) is 37.5 Å². The van der Waals surface area contributed by atoms with Gasteiger partial charge in [0, 0.05) is 0 Å². The van der Waals surface area contributed by atoms with E-state index in [9.17, 15) is 24.2 Å². The van der Waals surface area contributed by atoms with E-state index in [0.29, 0.717) is 6.42 Å². The molecule has 180 valence electrons. The van der Waals surface area contributed by atoms with Gasteiger partial charge in [-0.15, -0.1) is 0 Å². The molecule has 2 rings (SSSR count).